The van der Waals surface area contributed by atoms with E-state index in [4.69, 9.17) is 0 Å². The highest BCUT2D eigenvalue weighted by molar-refractivity contribution is 7.18. The number of nitrogens with zero attached hydrogens (tertiary/aromatic N) is 1. The first kappa shape index (κ1) is 22.4. The summed E-state index contributed by atoms with van der Waals surface area (Å²) in [6.07, 6.45) is 7.92. The molecule has 2 saturated heterocycles. The lowest BCUT2D eigenvalue weighted by atomic mass is 10.0. The molecule has 2 fully saturated rings. The molecule has 36 heavy (non-hydrogen) atoms. The Hall–Kier alpha value is -2.76. The number of pyridine rings is 1. The van der Waals surface area contributed by atoms with Gasteiger partial charge in [0.25, 0.3) is 0 Å². The van der Waals surface area contributed by atoms with Crippen molar-refractivity contribution in [1.29, 1.82) is 0 Å². The van der Waals surface area contributed by atoms with Crippen molar-refractivity contribution in [3.8, 4) is 22.4 Å². The van der Waals surface area contributed by atoms with E-state index >= 15 is 0 Å². The fraction of sp³-hybridized carbons (Fsp3) is 0.303. The topological polar surface area (TPSA) is 3.88 Å². The molecule has 0 amide bonds. The van der Waals surface area contributed by atoms with Gasteiger partial charge in [0, 0.05) is 17.7 Å². The third-order valence-corrected chi connectivity index (χ3v) is 21.0. The molecule has 7 rings (SSSR count). The molecule has 3 aromatic carbocycles. The Balaban J connectivity index is 1.43. The van der Waals surface area contributed by atoms with Crippen molar-refractivity contribution >= 4 is 36.9 Å². The Morgan fingerprint density at radius 3 is 1.81 bits per heavy atom. The number of aromatic nitrogens is 1. The summed E-state index contributed by atoms with van der Waals surface area (Å²) in [5.74, 6) is 0. The summed E-state index contributed by atoms with van der Waals surface area (Å²) in [5, 5.41) is 7.39. The maximum absolute atomic E-state index is 2.70. The van der Waals surface area contributed by atoms with Gasteiger partial charge in [0.05, 0.1) is 0 Å². The van der Waals surface area contributed by atoms with E-state index in [9.17, 15) is 0 Å². The van der Waals surface area contributed by atoms with Crippen molar-refractivity contribution in [2.75, 3.05) is 0 Å². The van der Waals surface area contributed by atoms with Crippen molar-refractivity contribution in [2.24, 2.45) is 7.05 Å². The summed E-state index contributed by atoms with van der Waals surface area (Å²) < 4.78 is 2.27. The molecule has 180 valence electrons. The van der Waals surface area contributed by atoms with Gasteiger partial charge in [0.15, 0.2) is 6.20 Å². The minimum atomic E-state index is -1.69. The van der Waals surface area contributed by atoms with Crippen molar-refractivity contribution < 1.29 is 4.57 Å². The van der Waals surface area contributed by atoms with Gasteiger partial charge in [-0.2, -0.15) is 0 Å². The molecular weight excluding hydrogens is 467 g/mol. The van der Waals surface area contributed by atoms with Crippen molar-refractivity contribution in [1.82, 2.24) is 0 Å². The molecule has 0 atom stereocenters. The molecule has 0 aliphatic carbocycles. The lowest BCUT2D eigenvalue weighted by molar-refractivity contribution is -0.660. The first-order valence-corrected chi connectivity index (χ1v) is 18.8. The van der Waals surface area contributed by atoms with Crippen molar-refractivity contribution in [2.45, 2.75) is 56.8 Å². The second-order valence-electron chi connectivity index (χ2n) is 11.6. The van der Waals surface area contributed by atoms with E-state index in [1.165, 1.54) is 77.8 Å². The number of aryl methyl sites for hydroxylation is 2. The Kier molecular flexibility index (Phi) is 5.23. The van der Waals surface area contributed by atoms with Crippen LogP contribution < -0.4 is 25.3 Å². The molecule has 1 nitrogen and oxygen atoms in total. The van der Waals surface area contributed by atoms with E-state index in [1.54, 1.807) is 0 Å². The van der Waals surface area contributed by atoms with Crippen LogP contribution in [0.3, 0.4) is 0 Å². The zero-order valence-electron chi connectivity index (χ0n) is 21.7. The highest BCUT2D eigenvalue weighted by Gasteiger charge is 2.54. The second-order valence-corrected chi connectivity index (χ2v) is 20.1. The quantitative estimate of drug-likeness (QED) is 0.263. The first-order chi connectivity index (χ1) is 17.6. The van der Waals surface area contributed by atoms with Gasteiger partial charge in [-0.1, -0.05) is 107 Å². The SMILES string of the molecule is Cc1ccccc1-c1cc(-c2ccc3c(c2)[Si]2(CCCC2)c2ccccc2[Si]32CCCC2)cc[n+]1C. The van der Waals surface area contributed by atoms with Gasteiger partial charge in [-0.25, -0.2) is 4.57 Å². The number of benzene rings is 3. The molecule has 0 radical (unpaired) electrons. The highest BCUT2D eigenvalue weighted by Crippen LogP contribution is 2.38. The molecule has 0 N–H and O–H groups in total. The summed E-state index contributed by atoms with van der Waals surface area (Å²) >= 11 is 0. The van der Waals surface area contributed by atoms with Crippen LogP contribution in [-0.2, 0) is 7.05 Å². The van der Waals surface area contributed by atoms with E-state index in [1.807, 2.05) is 20.7 Å². The minimum Gasteiger partial charge on any atom is -0.201 e. The van der Waals surface area contributed by atoms with Crippen LogP contribution in [0.1, 0.15) is 31.2 Å². The summed E-state index contributed by atoms with van der Waals surface area (Å²) in [5.41, 5.74) is 6.73. The van der Waals surface area contributed by atoms with Crippen LogP contribution in [-0.4, -0.2) is 16.1 Å². The fourth-order valence-corrected chi connectivity index (χ4v) is 21.6. The summed E-state index contributed by atoms with van der Waals surface area (Å²) in [6, 6.07) is 37.0. The van der Waals surface area contributed by atoms with E-state index < -0.39 is 16.1 Å². The van der Waals surface area contributed by atoms with Crippen LogP contribution in [0.5, 0.6) is 0 Å². The molecule has 0 saturated carbocycles. The number of hydrogen-bond donors (Lipinski definition) is 0. The van der Waals surface area contributed by atoms with Gasteiger partial charge in [0.2, 0.25) is 5.69 Å². The summed E-state index contributed by atoms with van der Waals surface area (Å²) in [7, 11) is -1.14. The molecule has 3 aliphatic heterocycles. The van der Waals surface area contributed by atoms with Crippen LogP contribution in [0.25, 0.3) is 22.4 Å². The third-order valence-electron chi connectivity index (χ3n) is 9.83. The Labute approximate surface area is 217 Å². The van der Waals surface area contributed by atoms with Crippen LogP contribution in [0.4, 0.5) is 0 Å². The van der Waals surface area contributed by atoms with Gasteiger partial charge in [-0.15, -0.1) is 0 Å². The molecule has 3 aliphatic rings. The highest BCUT2D eigenvalue weighted by atomic mass is 28.3. The smallest absolute Gasteiger partial charge is 0.201 e. The maximum Gasteiger partial charge on any atom is 0.213 e. The van der Waals surface area contributed by atoms with Crippen molar-refractivity contribution in [3.05, 3.63) is 90.6 Å². The maximum atomic E-state index is 2.70. The third kappa shape index (κ3) is 3.15. The average molecular weight is 503 g/mol. The monoisotopic (exact) mass is 502 g/mol. The van der Waals surface area contributed by atoms with Gasteiger partial charge >= 0.3 is 0 Å². The van der Waals surface area contributed by atoms with Crippen LogP contribution in [0, 0.1) is 6.92 Å². The molecule has 4 aromatic rings. The molecule has 2 spiro atoms. The van der Waals surface area contributed by atoms with E-state index in [2.05, 4.69) is 104 Å². The Morgan fingerprint density at radius 1 is 0.583 bits per heavy atom. The van der Waals surface area contributed by atoms with E-state index in [-0.39, 0.29) is 0 Å². The predicted octanol–water partition coefficient (Wildman–Crippen LogP) is 5.18. The van der Waals surface area contributed by atoms with Gasteiger partial charge in [-0.3, -0.25) is 0 Å². The minimum absolute atomic E-state index is 1.29. The summed E-state index contributed by atoms with van der Waals surface area (Å²) in [6.45, 7) is 2.22. The van der Waals surface area contributed by atoms with Gasteiger partial charge in [0.1, 0.15) is 23.2 Å². The standard InChI is InChI=1S/C33H36NSi2/c1-25-11-3-4-12-28(25)29-23-27(17-18-34(29)2)26-15-16-32-33(24-26)36(21-9-10-22-36)31-14-6-5-13-30(31)35(32)19-7-8-20-35/h3-6,11-18,23-24H,7-10,19-22H2,1-2H3/q+1. The molecule has 0 unspecified atom stereocenters. The van der Waals surface area contributed by atoms with E-state index in [0.29, 0.717) is 0 Å². The normalized spacial score (nSPS) is 18.9. The summed E-state index contributed by atoms with van der Waals surface area (Å²) in [4.78, 5) is 0. The Bertz CT molecular complexity index is 1480. The van der Waals surface area contributed by atoms with E-state index in [0.717, 1.165) is 0 Å². The largest absolute Gasteiger partial charge is 0.213 e. The van der Waals surface area contributed by atoms with Gasteiger partial charge < -0.3 is 0 Å². The van der Waals surface area contributed by atoms with Crippen LogP contribution in [0.15, 0.2) is 85.1 Å². The van der Waals surface area contributed by atoms with Gasteiger partial charge in [-0.05, 0) is 53.9 Å². The van der Waals surface area contributed by atoms with Crippen LogP contribution >= 0.6 is 0 Å². The number of rotatable bonds is 2. The van der Waals surface area contributed by atoms with Crippen molar-refractivity contribution in [3.63, 3.8) is 0 Å². The average Bonchev–Trinajstić information content (AvgIpc) is 3.60. The Morgan fingerprint density at radius 2 is 1.14 bits per heavy atom. The number of hydrogen-bond acceptors (Lipinski definition) is 0. The lowest BCUT2D eigenvalue weighted by Crippen LogP contribution is -2.80. The lowest BCUT2D eigenvalue weighted by Gasteiger charge is -2.45. The molecular formula is C33H36NSi2+. The molecule has 1 aromatic heterocycles. The molecule has 0 bridgehead atoms. The second kappa shape index (κ2) is 8.39. The predicted molar refractivity (Wildman–Crippen MR) is 157 cm³/mol. The number of fused-ring (bicyclic) bond motifs is 6. The zero-order valence-corrected chi connectivity index (χ0v) is 23.7. The first-order valence-electron chi connectivity index (χ1n) is 13.9. The molecule has 3 heteroatoms. The fourth-order valence-electron chi connectivity index (χ4n) is 8.06. The zero-order chi connectivity index (χ0) is 24.3. The molecule has 4 heterocycles. The van der Waals surface area contributed by atoms with Crippen LogP contribution in [0.2, 0.25) is 24.2 Å².